The molecule has 0 radical (unpaired) electrons. The van der Waals surface area contributed by atoms with Gasteiger partial charge in [-0.05, 0) is 47.1 Å². The number of carbonyl (C=O) groups excluding carboxylic acids is 1. The fourth-order valence-electron chi connectivity index (χ4n) is 3.45. The topological polar surface area (TPSA) is 87.5 Å². The second-order valence-corrected chi connectivity index (χ2v) is 7.68. The molecule has 0 spiro atoms. The molecule has 0 saturated carbocycles. The maximum Gasteiger partial charge on any atom is 0.257 e. The van der Waals surface area contributed by atoms with Crippen LogP contribution in [-0.4, -0.2) is 42.0 Å². The van der Waals surface area contributed by atoms with Crippen LogP contribution in [0.3, 0.4) is 0 Å². The maximum atomic E-state index is 13.1. The highest BCUT2D eigenvalue weighted by atomic mass is 79.9. The summed E-state index contributed by atoms with van der Waals surface area (Å²) in [5.41, 5.74) is 3.30. The average molecular weight is 497 g/mol. The lowest BCUT2D eigenvalue weighted by Gasteiger charge is -2.16. The van der Waals surface area contributed by atoms with Crippen molar-refractivity contribution in [2.24, 2.45) is 0 Å². The summed E-state index contributed by atoms with van der Waals surface area (Å²) in [5.74, 6) is 0.785. The van der Waals surface area contributed by atoms with E-state index in [0.717, 1.165) is 16.8 Å². The highest BCUT2D eigenvalue weighted by Crippen LogP contribution is 2.44. The molecule has 0 saturated heterocycles. The van der Waals surface area contributed by atoms with E-state index in [-0.39, 0.29) is 5.91 Å². The number of aryl methyl sites for hydroxylation is 1. The van der Waals surface area contributed by atoms with Gasteiger partial charge in [0.1, 0.15) is 0 Å². The predicted molar refractivity (Wildman–Crippen MR) is 125 cm³/mol. The normalized spacial score (nSPS) is 10.8. The molecule has 0 fully saturated rings. The summed E-state index contributed by atoms with van der Waals surface area (Å²) in [4.78, 5) is 17.6. The minimum Gasteiger partial charge on any atom is -0.493 e. The molecule has 4 rings (SSSR count). The van der Waals surface area contributed by atoms with Crippen LogP contribution in [0.1, 0.15) is 16.1 Å². The number of anilines is 1. The molecule has 2 aromatic carbocycles. The van der Waals surface area contributed by atoms with Crippen LogP contribution in [0.4, 0.5) is 5.69 Å². The first kappa shape index (κ1) is 21.6. The third-order valence-corrected chi connectivity index (χ3v) is 5.77. The summed E-state index contributed by atoms with van der Waals surface area (Å²) < 4.78 is 18.4. The van der Waals surface area contributed by atoms with E-state index in [9.17, 15) is 4.79 Å². The van der Waals surface area contributed by atoms with E-state index in [4.69, 9.17) is 14.2 Å². The van der Waals surface area contributed by atoms with Gasteiger partial charge in [0.05, 0.1) is 54.6 Å². The molecule has 1 N–H and O–H groups in total. The predicted octanol–water partition coefficient (Wildman–Crippen LogP) is 4.77. The van der Waals surface area contributed by atoms with Gasteiger partial charge in [-0.3, -0.25) is 4.79 Å². The lowest BCUT2D eigenvalue weighted by Crippen LogP contribution is -2.14. The van der Waals surface area contributed by atoms with E-state index in [1.165, 1.54) is 21.3 Å². The van der Waals surface area contributed by atoms with Crippen LogP contribution in [0.15, 0.2) is 53.1 Å². The molecule has 9 heteroatoms. The molecule has 0 bridgehead atoms. The molecule has 32 heavy (non-hydrogen) atoms. The number of pyridine rings is 1. The largest absolute Gasteiger partial charge is 0.493 e. The zero-order valence-electron chi connectivity index (χ0n) is 18.0. The van der Waals surface area contributed by atoms with Crippen molar-refractivity contribution in [2.45, 2.75) is 6.92 Å². The summed E-state index contributed by atoms with van der Waals surface area (Å²) in [6.07, 6.45) is 1.60. The number of rotatable bonds is 6. The monoisotopic (exact) mass is 496 g/mol. The summed E-state index contributed by atoms with van der Waals surface area (Å²) in [6.45, 7) is 1.91. The van der Waals surface area contributed by atoms with Crippen LogP contribution in [0, 0.1) is 6.92 Å². The number of nitrogens with one attached hydrogen (secondary N) is 1. The number of halogens is 1. The molecule has 2 heterocycles. The van der Waals surface area contributed by atoms with E-state index in [1.807, 2.05) is 43.3 Å². The van der Waals surface area contributed by atoms with Gasteiger partial charge in [0.2, 0.25) is 5.75 Å². The lowest BCUT2D eigenvalue weighted by atomic mass is 10.1. The van der Waals surface area contributed by atoms with Crippen molar-refractivity contribution in [1.82, 2.24) is 14.8 Å². The van der Waals surface area contributed by atoms with Gasteiger partial charge in [0.25, 0.3) is 5.91 Å². The Bertz CT molecular complexity index is 1300. The smallest absolute Gasteiger partial charge is 0.257 e. The number of para-hydroxylation sites is 1. The number of hydrogen-bond acceptors (Lipinski definition) is 6. The average Bonchev–Trinajstić information content (AvgIpc) is 3.15. The molecule has 0 aliphatic heterocycles. The van der Waals surface area contributed by atoms with Gasteiger partial charge in [-0.25, -0.2) is 9.67 Å². The van der Waals surface area contributed by atoms with Crippen LogP contribution in [0.2, 0.25) is 0 Å². The maximum absolute atomic E-state index is 13.1. The zero-order chi connectivity index (χ0) is 22.8. The van der Waals surface area contributed by atoms with Crippen LogP contribution < -0.4 is 19.5 Å². The Hall–Kier alpha value is -3.59. The summed E-state index contributed by atoms with van der Waals surface area (Å²) in [5, 5.41) is 8.33. The van der Waals surface area contributed by atoms with Crippen LogP contribution in [0.5, 0.6) is 17.2 Å². The molecule has 0 atom stereocenters. The molecule has 0 aliphatic carbocycles. The minimum absolute atomic E-state index is 0.330. The van der Waals surface area contributed by atoms with Crippen LogP contribution >= 0.6 is 15.9 Å². The van der Waals surface area contributed by atoms with Gasteiger partial charge in [0.15, 0.2) is 17.1 Å². The summed E-state index contributed by atoms with van der Waals surface area (Å²) in [6, 6.07) is 13.2. The van der Waals surface area contributed by atoms with Crippen molar-refractivity contribution in [1.29, 1.82) is 0 Å². The molecule has 0 unspecified atom stereocenters. The van der Waals surface area contributed by atoms with Crippen molar-refractivity contribution in [3.8, 4) is 22.9 Å². The second-order valence-electron chi connectivity index (χ2n) is 6.89. The molecule has 0 aliphatic rings. The molecule has 8 nitrogen and oxygen atoms in total. The molecule has 1 amide bonds. The highest BCUT2D eigenvalue weighted by molar-refractivity contribution is 9.10. The Morgan fingerprint density at radius 3 is 2.41 bits per heavy atom. The zero-order valence-corrected chi connectivity index (χ0v) is 19.6. The first-order chi connectivity index (χ1) is 15.5. The van der Waals surface area contributed by atoms with E-state index < -0.39 is 0 Å². The quantitative estimate of drug-likeness (QED) is 0.413. The summed E-state index contributed by atoms with van der Waals surface area (Å²) in [7, 11) is 4.50. The highest BCUT2D eigenvalue weighted by Gasteiger charge is 2.23. The Labute approximate surface area is 193 Å². The van der Waals surface area contributed by atoms with Gasteiger partial charge in [-0.15, -0.1) is 0 Å². The van der Waals surface area contributed by atoms with Crippen molar-refractivity contribution < 1.29 is 19.0 Å². The number of carbonyl (C=O) groups is 1. The number of amides is 1. The van der Waals surface area contributed by atoms with E-state index in [2.05, 4.69) is 31.3 Å². The third kappa shape index (κ3) is 3.75. The van der Waals surface area contributed by atoms with Gasteiger partial charge >= 0.3 is 0 Å². The first-order valence-electron chi connectivity index (χ1n) is 9.69. The molecule has 164 valence electrons. The Morgan fingerprint density at radius 1 is 1.03 bits per heavy atom. The second kappa shape index (κ2) is 8.88. The third-order valence-electron chi connectivity index (χ3n) is 4.98. The molecule has 4 aromatic rings. The van der Waals surface area contributed by atoms with Crippen molar-refractivity contribution in [3.05, 3.63) is 64.4 Å². The van der Waals surface area contributed by atoms with E-state index in [0.29, 0.717) is 38.6 Å². The van der Waals surface area contributed by atoms with E-state index >= 15 is 0 Å². The van der Waals surface area contributed by atoms with E-state index in [1.54, 1.807) is 16.9 Å². The lowest BCUT2D eigenvalue weighted by molar-refractivity contribution is 0.102. The van der Waals surface area contributed by atoms with Gasteiger partial charge in [-0.1, -0.05) is 18.2 Å². The number of benzene rings is 2. The fourth-order valence-corrected chi connectivity index (χ4v) is 4.08. The first-order valence-corrected chi connectivity index (χ1v) is 10.5. The van der Waals surface area contributed by atoms with Crippen LogP contribution in [0.25, 0.3) is 16.7 Å². The molecule has 2 aromatic heterocycles. The molecular formula is C23H21BrN4O4. The SMILES string of the molecule is COc1cc(C(=O)Nc2cnc3c(c2)c(C)nn3-c2ccccc2)c(Br)c(OC)c1OC. The van der Waals surface area contributed by atoms with Crippen molar-refractivity contribution in [3.63, 3.8) is 0 Å². The number of aromatic nitrogens is 3. The Kier molecular flexibility index (Phi) is 6.00. The number of fused-ring (bicyclic) bond motifs is 1. The number of hydrogen-bond donors (Lipinski definition) is 1. The Morgan fingerprint density at radius 2 is 1.75 bits per heavy atom. The van der Waals surface area contributed by atoms with Crippen LogP contribution in [-0.2, 0) is 0 Å². The van der Waals surface area contributed by atoms with Gasteiger partial charge in [0, 0.05) is 5.39 Å². The molecular weight excluding hydrogens is 476 g/mol. The van der Waals surface area contributed by atoms with Gasteiger partial charge in [-0.2, -0.15) is 5.10 Å². The fraction of sp³-hybridized carbons (Fsp3) is 0.174. The van der Waals surface area contributed by atoms with Crippen molar-refractivity contribution in [2.75, 3.05) is 26.6 Å². The number of methoxy groups -OCH3 is 3. The van der Waals surface area contributed by atoms with Gasteiger partial charge < -0.3 is 19.5 Å². The minimum atomic E-state index is -0.356. The Balaban J connectivity index is 1.70. The summed E-state index contributed by atoms with van der Waals surface area (Å²) >= 11 is 3.44. The van der Waals surface area contributed by atoms with Crippen molar-refractivity contribution >= 4 is 38.6 Å². The standard InChI is InChI=1S/C23H21BrN4O4/c1-13-16-10-14(12-25-22(16)28(27-13)15-8-6-5-7-9-15)26-23(29)17-11-18(30-2)20(31-3)21(32-4)19(17)24/h5-12H,1-4H3,(H,26,29). The number of nitrogens with zero attached hydrogens (tertiary/aromatic N) is 3. The number of ether oxygens (including phenoxy) is 3.